The van der Waals surface area contributed by atoms with Crippen molar-refractivity contribution in [3.8, 4) is 33.4 Å². The summed E-state index contributed by atoms with van der Waals surface area (Å²) in [6, 6.07) is 62.9. The number of hydrogen-bond acceptors (Lipinski definition) is 0. The van der Waals surface area contributed by atoms with E-state index in [1.54, 1.807) is 0 Å². The van der Waals surface area contributed by atoms with Crippen LogP contribution in [0.1, 0.15) is 0 Å². The van der Waals surface area contributed by atoms with Crippen molar-refractivity contribution < 1.29 is 0 Å². The lowest BCUT2D eigenvalue weighted by Crippen LogP contribution is -1.93. The summed E-state index contributed by atoms with van der Waals surface area (Å²) < 4.78 is 0. The summed E-state index contributed by atoms with van der Waals surface area (Å²) >= 11 is 0. The highest BCUT2D eigenvalue weighted by atomic mass is 14.2. The van der Waals surface area contributed by atoms with Crippen molar-refractivity contribution >= 4 is 64.6 Å². The molecule has 0 saturated carbocycles. The van der Waals surface area contributed by atoms with Gasteiger partial charge in [0.1, 0.15) is 0 Å². The third-order valence-corrected chi connectivity index (χ3v) is 9.97. The molecule has 212 valence electrons. The molecule has 10 aromatic carbocycles. The van der Waals surface area contributed by atoms with Crippen LogP contribution < -0.4 is 0 Å². The van der Waals surface area contributed by atoms with Crippen molar-refractivity contribution in [1.29, 1.82) is 0 Å². The third-order valence-electron chi connectivity index (χ3n) is 9.97. The molecule has 0 aliphatic rings. The molecule has 0 radical (unpaired) electrons. The molecule has 0 heteroatoms. The Morgan fingerprint density at radius 2 is 0.739 bits per heavy atom. The largest absolute Gasteiger partial charge is 0.0622 e. The minimum absolute atomic E-state index is 1.23. The first kappa shape index (κ1) is 25.4. The summed E-state index contributed by atoms with van der Waals surface area (Å²) in [7, 11) is 0. The highest BCUT2D eigenvalue weighted by Crippen LogP contribution is 2.48. The van der Waals surface area contributed by atoms with E-state index in [4.69, 9.17) is 0 Å². The molecule has 10 rings (SSSR count). The Morgan fingerprint density at radius 3 is 1.41 bits per heavy atom. The first-order valence-corrected chi connectivity index (χ1v) is 16.0. The second-order valence-corrected chi connectivity index (χ2v) is 12.4. The molecule has 0 heterocycles. The maximum Gasteiger partial charge on any atom is -0.00199 e. The third kappa shape index (κ3) is 3.62. The molecule has 0 atom stereocenters. The second kappa shape index (κ2) is 9.76. The predicted octanol–water partition coefficient (Wildman–Crippen LogP) is 13.0. The molecule has 0 bridgehead atoms. The molecule has 10 aromatic rings. The van der Waals surface area contributed by atoms with Crippen molar-refractivity contribution in [2.24, 2.45) is 0 Å². The van der Waals surface area contributed by atoms with E-state index in [0.717, 1.165) is 0 Å². The van der Waals surface area contributed by atoms with E-state index in [9.17, 15) is 0 Å². The molecule has 0 aliphatic heterocycles. The van der Waals surface area contributed by atoms with Gasteiger partial charge in [0.15, 0.2) is 0 Å². The van der Waals surface area contributed by atoms with Gasteiger partial charge >= 0.3 is 0 Å². The van der Waals surface area contributed by atoms with E-state index in [-0.39, 0.29) is 0 Å². The van der Waals surface area contributed by atoms with E-state index < -0.39 is 0 Å². The number of rotatable bonds is 3. The zero-order chi connectivity index (χ0) is 30.2. The number of fused-ring (bicyclic) bond motifs is 3. The fourth-order valence-electron chi connectivity index (χ4n) is 7.98. The Balaban J connectivity index is 1.36. The maximum absolute atomic E-state index is 2.40. The van der Waals surface area contributed by atoms with Crippen LogP contribution in [0.5, 0.6) is 0 Å². The number of benzene rings is 10. The average Bonchev–Trinajstić information content (AvgIpc) is 3.13. The van der Waals surface area contributed by atoms with Crippen LogP contribution in [0.4, 0.5) is 0 Å². The topological polar surface area (TPSA) is 0 Å². The van der Waals surface area contributed by atoms with Crippen molar-refractivity contribution in [3.05, 3.63) is 170 Å². The first-order valence-electron chi connectivity index (χ1n) is 16.0. The zero-order valence-corrected chi connectivity index (χ0v) is 25.2. The van der Waals surface area contributed by atoms with Gasteiger partial charge in [-0.25, -0.2) is 0 Å². The SMILES string of the molecule is c1ccc(-c2cc(-c3c4ccccc4c(-c4ccc5ccc6cccc7ccc4c5c67)c4ccccc34)c3ccccc3c2)cc1. The van der Waals surface area contributed by atoms with Gasteiger partial charge in [-0.05, 0) is 110 Å². The van der Waals surface area contributed by atoms with Crippen molar-refractivity contribution in [1.82, 2.24) is 0 Å². The molecule has 0 aliphatic carbocycles. The monoisotopic (exact) mass is 580 g/mol. The van der Waals surface area contributed by atoms with Gasteiger partial charge in [-0.2, -0.15) is 0 Å². The second-order valence-electron chi connectivity index (χ2n) is 12.4. The van der Waals surface area contributed by atoms with Gasteiger partial charge in [-0.3, -0.25) is 0 Å². The maximum atomic E-state index is 2.40. The standard InChI is InChI=1S/C46H28/c1-2-11-29(12-3-1)34-27-33-13-4-5-16-35(33)42(28-34)46-38-19-8-6-17-36(38)45(37-18-7-9-20-39(37)46)41-26-24-32-22-21-30-14-10-15-31-23-25-40(41)44(32)43(30)31/h1-28H. The molecule has 0 aromatic heterocycles. The van der Waals surface area contributed by atoms with Gasteiger partial charge in [0.2, 0.25) is 0 Å². The van der Waals surface area contributed by atoms with Gasteiger partial charge in [-0.1, -0.05) is 158 Å². The summed E-state index contributed by atoms with van der Waals surface area (Å²) in [5, 5.41) is 15.5. The molecule has 0 nitrogen and oxygen atoms in total. The van der Waals surface area contributed by atoms with Gasteiger partial charge in [0.25, 0.3) is 0 Å². The van der Waals surface area contributed by atoms with E-state index in [1.165, 1.54) is 98.0 Å². The predicted molar refractivity (Wildman–Crippen MR) is 199 cm³/mol. The van der Waals surface area contributed by atoms with E-state index in [0.29, 0.717) is 0 Å². The van der Waals surface area contributed by atoms with Crippen LogP contribution in [0.25, 0.3) is 98.0 Å². The van der Waals surface area contributed by atoms with Crippen LogP contribution in [0, 0.1) is 0 Å². The smallest absolute Gasteiger partial charge is 0.00199 e. The minimum Gasteiger partial charge on any atom is -0.0622 e. The van der Waals surface area contributed by atoms with E-state index in [2.05, 4.69) is 170 Å². The van der Waals surface area contributed by atoms with Crippen LogP contribution in [-0.4, -0.2) is 0 Å². The molecule has 0 saturated heterocycles. The summed E-state index contributed by atoms with van der Waals surface area (Å²) in [4.78, 5) is 0. The zero-order valence-electron chi connectivity index (χ0n) is 25.2. The summed E-state index contributed by atoms with van der Waals surface area (Å²) in [5.41, 5.74) is 7.61. The lowest BCUT2D eigenvalue weighted by Gasteiger charge is -2.21. The Hall–Kier alpha value is -5.98. The van der Waals surface area contributed by atoms with Gasteiger partial charge in [0.05, 0.1) is 0 Å². The fraction of sp³-hybridized carbons (Fsp3) is 0. The van der Waals surface area contributed by atoms with Crippen LogP contribution in [0.2, 0.25) is 0 Å². The van der Waals surface area contributed by atoms with Crippen molar-refractivity contribution in [2.75, 3.05) is 0 Å². The molecule has 0 unspecified atom stereocenters. The quantitative estimate of drug-likeness (QED) is 0.144. The Labute approximate surface area is 267 Å². The van der Waals surface area contributed by atoms with Crippen LogP contribution in [-0.2, 0) is 0 Å². The van der Waals surface area contributed by atoms with Crippen molar-refractivity contribution in [2.45, 2.75) is 0 Å². The average molecular weight is 581 g/mol. The molecular weight excluding hydrogens is 553 g/mol. The van der Waals surface area contributed by atoms with Crippen LogP contribution in [0.15, 0.2) is 170 Å². The summed E-state index contributed by atoms with van der Waals surface area (Å²) in [5.74, 6) is 0. The van der Waals surface area contributed by atoms with Crippen LogP contribution >= 0.6 is 0 Å². The molecular formula is C46H28. The first-order chi connectivity index (χ1) is 22.8. The lowest BCUT2D eigenvalue weighted by molar-refractivity contribution is 1.63. The van der Waals surface area contributed by atoms with E-state index >= 15 is 0 Å². The Morgan fingerprint density at radius 1 is 0.239 bits per heavy atom. The Kier molecular flexibility index (Phi) is 5.38. The van der Waals surface area contributed by atoms with Gasteiger partial charge < -0.3 is 0 Å². The normalized spacial score (nSPS) is 11.9. The molecule has 0 spiro atoms. The highest BCUT2D eigenvalue weighted by molar-refractivity contribution is 6.30. The molecule has 0 N–H and O–H groups in total. The lowest BCUT2D eigenvalue weighted by atomic mass is 9.82. The fourth-order valence-corrected chi connectivity index (χ4v) is 7.98. The number of hydrogen-bond donors (Lipinski definition) is 0. The molecule has 0 fully saturated rings. The Bertz CT molecular complexity index is 2710. The van der Waals surface area contributed by atoms with E-state index in [1.807, 2.05) is 0 Å². The van der Waals surface area contributed by atoms with Gasteiger partial charge in [-0.15, -0.1) is 0 Å². The highest BCUT2D eigenvalue weighted by Gasteiger charge is 2.21. The summed E-state index contributed by atoms with van der Waals surface area (Å²) in [6.45, 7) is 0. The van der Waals surface area contributed by atoms with Crippen molar-refractivity contribution in [3.63, 3.8) is 0 Å². The van der Waals surface area contributed by atoms with Gasteiger partial charge in [0, 0.05) is 0 Å². The van der Waals surface area contributed by atoms with Crippen LogP contribution in [0.3, 0.4) is 0 Å². The minimum atomic E-state index is 1.23. The molecule has 0 amide bonds. The summed E-state index contributed by atoms with van der Waals surface area (Å²) in [6.07, 6.45) is 0. The molecule has 46 heavy (non-hydrogen) atoms.